The van der Waals surface area contributed by atoms with Gasteiger partial charge in [0.05, 0.1) is 12.7 Å². The molecule has 1 N–H and O–H groups in total. The van der Waals surface area contributed by atoms with Gasteiger partial charge < -0.3 is 9.84 Å². The molecule has 1 fully saturated rings. The Bertz CT molecular complexity index is 141. The van der Waals surface area contributed by atoms with Gasteiger partial charge in [0.15, 0.2) is 0 Å². The molecular weight excluding hydrogens is 176 g/mol. The fourth-order valence-electron chi connectivity index (χ4n) is 2.29. The first-order chi connectivity index (χ1) is 6.77. The van der Waals surface area contributed by atoms with Crippen molar-refractivity contribution < 1.29 is 9.84 Å². The van der Waals surface area contributed by atoms with Crippen LogP contribution in [0.15, 0.2) is 0 Å². The number of hydrogen-bond acceptors (Lipinski definition) is 2. The van der Waals surface area contributed by atoms with E-state index in [1.165, 1.54) is 19.3 Å². The summed E-state index contributed by atoms with van der Waals surface area (Å²) in [5, 5.41) is 10.00. The first-order valence-corrected chi connectivity index (χ1v) is 6.03. The molecule has 0 aromatic heterocycles. The van der Waals surface area contributed by atoms with Crippen LogP contribution in [0.25, 0.3) is 0 Å². The van der Waals surface area contributed by atoms with E-state index >= 15 is 0 Å². The van der Waals surface area contributed by atoms with Crippen molar-refractivity contribution in [3.05, 3.63) is 0 Å². The van der Waals surface area contributed by atoms with Crippen molar-refractivity contribution in [2.45, 2.75) is 52.1 Å². The summed E-state index contributed by atoms with van der Waals surface area (Å²) in [6, 6.07) is 0. The van der Waals surface area contributed by atoms with Gasteiger partial charge in [-0.15, -0.1) is 0 Å². The lowest BCUT2D eigenvalue weighted by Crippen LogP contribution is -2.23. The molecule has 0 aromatic rings. The van der Waals surface area contributed by atoms with E-state index in [2.05, 4.69) is 13.8 Å². The Hall–Kier alpha value is -0.0800. The summed E-state index contributed by atoms with van der Waals surface area (Å²) < 4.78 is 5.29. The average molecular weight is 200 g/mol. The van der Waals surface area contributed by atoms with Crippen molar-refractivity contribution in [3.63, 3.8) is 0 Å². The second-order valence-corrected chi connectivity index (χ2v) is 4.49. The molecule has 0 radical (unpaired) electrons. The molecule has 0 aliphatic carbocycles. The molecule has 2 heteroatoms. The van der Waals surface area contributed by atoms with Crippen LogP contribution in [0.2, 0.25) is 0 Å². The summed E-state index contributed by atoms with van der Waals surface area (Å²) in [6.45, 7) is 6.04. The van der Waals surface area contributed by atoms with Crippen LogP contribution in [0.1, 0.15) is 46.0 Å². The van der Waals surface area contributed by atoms with Gasteiger partial charge in [-0.2, -0.15) is 0 Å². The molecule has 3 unspecified atom stereocenters. The summed E-state index contributed by atoms with van der Waals surface area (Å²) >= 11 is 0. The van der Waals surface area contributed by atoms with E-state index < -0.39 is 0 Å². The Balaban J connectivity index is 2.25. The number of ether oxygens (including phenoxy) is 1. The third kappa shape index (κ3) is 3.58. The zero-order chi connectivity index (χ0) is 10.4. The van der Waals surface area contributed by atoms with E-state index in [-0.39, 0.29) is 6.10 Å². The molecule has 0 aromatic carbocycles. The van der Waals surface area contributed by atoms with Gasteiger partial charge >= 0.3 is 0 Å². The third-order valence-electron chi connectivity index (χ3n) is 3.36. The summed E-state index contributed by atoms with van der Waals surface area (Å²) in [5.74, 6) is 1.11. The SMILES string of the molecule is CCCC(CC)CC(O)C1CCOC1. The molecule has 0 saturated carbocycles. The highest BCUT2D eigenvalue weighted by Gasteiger charge is 2.25. The number of aliphatic hydroxyl groups is 1. The fourth-order valence-corrected chi connectivity index (χ4v) is 2.29. The van der Waals surface area contributed by atoms with Gasteiger partial charge in [0.2, 0.25) is 0 Å². The van der Waals surface area contributed by atoms with E-state index in [0.29, 0.717) is 11.8 Å². The predicted octanol–water partition coefficient (Wildman–Crippen LogP) is 2.60. The topological polar surface area (TPSA) is 29.5 Å². The maximum atomic E-state index is 10.00. The molecule has 1 saturated heterocycles. The van der Waals surface area contributed by atoms with Crippen LogP contribution in [0.5, 0.6) is 0 Å². The molecule has 0 spiro atoms. The quantitative estimate of drug-likeness (QED) is 0.714. The number of aliphatic hydroxyl groups excluding tert-OH is 1. The Labute approximate surface area is 87.7 Å². The zero-order valence-electron chi connectivity index (χ0n) is 9.54. The molecule has 3 atom stereocenters. The third-order valence-corrected chi connectivity index (χ3v) is 3.36. The Morgan fingerprint density at radius 2 is 2.21 bits per heavy atom. The fraction of sp³-hybridized carbons (Fsp3) is 1.00. The van der Waals surface area contributed by atoms with E-state index in [4.69, 9.17) is 4.74 Å². The summed E-state index contributed by atoms with van der Waals surface area (Å²) in [4.78, 5) is 0. The monoisotopic (exact) mass is 200 g/mol. The minimum Gasteiger partial charge on any atom is -0.393 e. The highest BCUT2D eigenvalue weighted by atomic mass is 16.5. The molecule has 1 aliphatic heterocycles. The molecule has 2 nitrogen and oxygen atoms in total. The smallest absolute Gasteiger partial charge is 0.0593 e. The molecule has 1 heterocycles. The predicted molar refractivity (Wildman–Crippen MR) is 58.2 cm³/mol. The molecule has 1 aliphatic rings. The van der Waals surface area contributed by atoms with Crippen LogP contribution in [0.3, 0.4) is 0 Å². The van der Waals surface area contributed by atoms with Crippen LogP contribution < -0.4 is 0 Å². The van der Waals surface area contributed by atoms with Gasteiger partial charge in [-0.25, -0.2) is 0 Å². The molecule has 1 rings (SSSR count). The second-order valence-electron chi connectivity index (χ2n) is 4.49. The maximum absolute atomic E-state index is 10.00. The zero-order valence-corrected chi connectivity index (χ0v) is 9.54. The minimum atomic E-state index is -0.131. The Kier molecular flexibility index (Phi) is 5.49. The van der Waals surface area contributed by atoms with E-state index in [9.17, 15) is 5.11 Å². The first kappa shape index (κ1) is 12.0. The van der Waals surface area contributed by atoms with Crippen LogP contribution in [0.4, 0.5) is 0 Å². The summed E-state index contributed by atoms with van der Waals surface area (Å²) in [7, 11) is 0. The number of rotatable bonds is 6. The van der Waals surface area contributed by atoms with Gasteiger partial charge in [0, 0.05) is 12.5 Å². The van der Waals surface area contributed by atoms with Crippen molar-refractivity contribution in [2.75, 3.05) is 13.2 Å². The molecular formula is C12H24O2. The van der Waals surface area contributed by atoms with Gasteiger partial charge in [0.1, 0.15) is 0 Å². The standard InChI is InChI=1S/C12H24O2/c1-3-5-10(4-2)8-12(13)11-6-7-14-9-11/h10-13H,3-9H2,1-2H3. The Morgan fingerprint density at radius 3 is 2.71 bits per heavy atom. The lowest BCUT2D eigenvalue weighted by molar-refractivity contribution is 0.0686. The lowest BCUT2D eigenvalue weighted by atomic mass is 9.88. The second kappa shape index (κ2) is 6.41. The summed E-state index contributed by atoms with van der Waals surface area (Å²) in [6.07, 6.45) is 5.56. The average Bonchev–Trinajstić information content (AvgIpc) is 2.69. The molecule has 84 valence electrons. The highest BCUT2D eigenvalue weighted by Crippen LogP contribution is 2.25. The minimum absolute atomic E-state index is 0.131. The van der Waals surface area contributed by atoms with Crippen molar-refractivity contribution in [3.8, 4) is 0 Å². The molecule has 0 amide bonds. The summed E-state index contributed by atoms with van der Waals surface area (Å²) in [5.41, 5.74) is 0. The van der Waals surface area contributed by atoms with Crippen molar-refractivity contribution in [1.29, 1.82) is 0 Å². The molecule has 0 bridgehead atoms. The largest absolute Gasteiger partial charge is 0.393 e. The van der Waals surface area contributed by atoms with Gasteiger partial charge in [-0.05, 0) is 18.8 Å². The van der Waals surface area contributed by atoms with E-state index in [1.54, 1.807) is 0 Å². The van der Waals surface area contributed by atoms with Crippen molar-refractivity contribution in [1.82, 2.24) is 0 Å². The van der Waals surface area contributed by atoms with E-state index in [0.717, 1.165) is 26.1 Å². The van der Waals surface area contributed by atoms with Crippen molar-refractivity contribution >= 4 is 0 Å². The normalized spacial score (nSPS) is 26.4. The Morgan fingerprint density at radius 1 is 1.43 bits per heavy atom. The van der Waals surface area contributed by atoms with Crippen LogP contribution >= 0.6 is 0 Å². The molecule has 14 heavy (non-hydrogen) atoms. The van der Waals surface area contributed by atoms with Gasteiger partial charge in [-0.1, -0.05) is 33.1 Å². The van der Waals surface area contributed by atoms with Crippen molar-refractivity contribution in [2.24, 2.45) is 11.8 Å². The van der Waals surface area contributed by atoms with Crippen LogP contribution in [0, 0.1) is 11.8 Å². The first-order valence-electron chi connectivity index (χ1n) is 6.03. The van der Waals surface area contributed by atoms with Crippen LogP contribution in [-0.4, -0.2) is 24.4 Å². The lowest BCUT2D eigenvalue weighted by Gasteiger charge is -2.21. The van der Waals surface area contributed by atoms with Gasteiger partial charge in [-0.3, -0.25) is 0 Å². The van der Waals surface area contributed by atoms with E-state index in [1.807, 2.05) is 0 Å². The van der Waals surface area contributed by atoms with Crippen LogP contribution in [-0.2, 0) is 4.74 Å². The maximum Gasteiger partial charge on any atom is 0.0593 e. The van der Waals surface area contributed by atoms with Gasteiger partial charge in [0.25, 0.3) is 0 Å². The number of hydrogen-bond donors (Lipinski definition) is 1. The highest BCUT2D eigenvalue weighted by molar-refractivity contribution is 4.75.